The maximum absolute atomic E-state index is 13.7. The molecule has 252 valence electrons. The fourth-order valence-electron chi connectivity index (χ4n) is 3.42. The molecule has 2 aromatic rings. The number of rotatable bonds is 6. The van der Waals surface area contributed by atoms with Gasteiger partial charge >= 0.3 is 0 Å². The lowest BCUT2D eigenvalue weighted by Crippen LogP contribution is -2.39. The first-order chi connectivity index (χ1) is 20.1. The lowest BCUT2D eigenvalue weighted by molar-refractivity contribution is -0.385. The Morgan fingerprint density at radius 3 is 1.68 bits per heavy atom. The SMILES string of the molecule is Br.Br.C1COCCNN1.CCN(CC)CC.O=[N+]([O-])c1ccc(F)c(F)c1.O=[N+]([O-])c1ccc(N2CCOCCN2)c(F)c1. The number of nitrogens with one attached hydrogen (secondary N) is 3. The average molecular weight is 765 g/mol. The van der Waals surface area contributed by atoms with Crippen molar-refractivity contribution in [1.82, 2.24) is 21.2 Å². The molecule has 0 amide bonds. The van der Waals surface area contributed by atoms with Crippen molar-refractivity contribution in [3.05, 3.63) is 74.1 Å². The Kier molecular flexibility index (Phi) is 25.6. The number of ether oxygens (including phenoxy) is 2. The van der Waals surface area contributed by atoms with Crippen molar-refractivity contribution in [3.63, 3.8) is 0 Å². The molecular weight excluding hydrogens is 723 g/mol. The molecule has 2 aromatic carbocycles. The highest BCUT2D eigenvalue weighted by Crippen LogP contribution is 2.23. The zero-order valence-corrected chi connectivity index (χ0v) is 28.4. The smallest absolute Gasteiger partial charge is 0.272 e. The van der Waals surface area contributed by atoms with Gasteiger partial charge in [-0.1, -0.05) is 20.8 Å². The van der Waals surface area contributed by atoms with E-state index in [9.17, 15) is 33.4 Å². The molecule has 0 atom stereocenters. The molecule has 44 heavy (non-hydrogen) atoms. The number of anilines is 1. The van der Waals surface area contributed by atoms with E-state index in [0.29, 0.717) is 44.1 Å². The fourth-order valence-corrected chi connectivity index (χ4v) is 3.42. The summed E-state index contributed by atoms with van der Waals surface area (Å²) in [5.41, 5.74) is 8.52. The van der Waals surface area contributed by atoms with Crippen LogP contribution in [0.25, 0.3) is 0 Å². The Labute approximate surface area is 276 Å². The number of nitro benzene ring substituents is 2. The van der Waals surface area contributed by atoms with E-state index in [1.807, 2.05) is 0 Å². The van der Waals surface area contributed by atoms with Crippen LogP contribution < -0.4 is 21.3 Å². The second kappa shape index (κ2) is 25.8. The third kappa shape index (κ3) is 17.7. The zero-order valence-electron chi connectivity index (χ0n) is 24.9. The summed E-state index contributed by atoms with van der Waals surface area (Å²) in [6.45, 7) is 15.7. The van der Waals surface area contributed by atoms with Crippen molar-refractivity contribution in [2.45, 2.75) is 20.8 Å². The number of hydrogen-bond donors (Lipinski definition) is 3. The van der Waals surface area contributed by atoms with Gasteiger partial charge in [-0.15, -0.1) is 34.0 Å². The van der Waals surface area contributed by atoms with Crippen LogP contribution in [0.4, 0.5) is 30.2 Å². The standard InChI is InChI=1S/C10H12FN3O3.C6H3F2NO2.C6H15N.C4H10N2O.2BrH/c11-9-7-8(14(15)16)1-2-10(9)13-4-6-17-5-3-12-13;7-5-2-1-4(9(10)11)3-6(5)8;1-4-7(5-2)6-3;1-3-7-4-2-6-5-1;;/h1-2,7,12H,3-6H2;1-3H;4-6H2,1-3H3;5-6H,1-4H2;2*1H. The molecule has 13 nitrogen and oxygen atoms in total. The average Bonchev–Trinajstić information content (AvgIpc) is 3.45. The van der Waals surface area contributed by atoms with Crippen molar-refractivity contribution >= 4 is 51.0 Å². The van der Waals surface area contributed by atoms with Crippen LogP contribution >= 0.6 is 34.0 Å². The first-order valence-electron chi connectivity index (χ1n) is 13.5. The van der Waals surface area contributed by atoms with Crippen LogP contribution in [0.3, 0.4) is 0 Å². The van der Waals surface area contributed by atoms with E-state index < -0.39 is 33.0 Å². The Morgan fingerprint density at radius 2 is 1.23 bits per heavy atom. The number of benzene rings is 2. The van der Waals surface area contributed by atoms with E-state index >= 15 is 0 Å². The van der Waals surface area contributed by atoms with Crippen LogP contribution in [0.15, 0.2) is 36.4 Å². The zero-order chi connectivity index (χ0) is 31.3. The molecule has 0 aliphatic carbocycles. The largest absolute Gasteiger partial charge is 0.379 e. The minimum Gasteiger partial charge on any atom is -0.379 e. The quantitative estimate of drug-likeness (QED) is 0.281. The van der Waals surface area contributed by atoms with Crippen LogP contribution in [0.2, 0.25) is 0 Å². The lowest BCUT2D eigenvalue weighted by atomic mass is 10.2. The predicted octanol–water partition coefficient (Wildman–Crippen LogP) is 4.56. The monoisotopic (exact) mass is 763 g/mol. The number of hydrogen-bond acceptors (Lipinski definition) is 11. The Bertz CT molecular complexity index is 1060. The van der Waals surface area contributed by atoms with Gasteiger partial charge in [0.2, 0.25) is 0 Å². The molecule has 0 radical (unpaired) electrons. The second-order valence-electron chi connectivity index (χ2n) is 8.51. The summed E-state index contributed by atoms with van der Waals surface area (Å²) in [6, 6.07) is 5.75. The number of non-ortho nitro benzene ring substituents is 2. The highest BCUT2D eigenvalue weighted by atomic mass is 79.9. The number of halogens is 5. The van der Waals surface area contributed by atoms with Crippen LogP contribution in [0, 0.1) is 37.7 Å². The summed E-state index contributed by atoms with van der Waals surface area (Å²) in [7, 11) is 0. The summed E-state index contributed by atoms with van der Waals surface area (Å²) in [5.74, 6) is -2.91. The molecule has 2 aliphatic rings. The number of nitro groups is 2. The molecule has 2 aliphatic heterocycles. The van der Waals surface area contributed by atoms with Gasteiger partial charge < -0.3 is 19.4 Å². The molecule has 2 fully saturated rings. The van der Waals surface area contributed by atoms with E-state index in [1.165, 1.54) is 31.8 Å². The Morgan fingerprint density at radius 1 is 0.750 bits per heavy atom. The van der Waals surface area contributed by atoms with Gasteiger partial charge in [-0.3, -0.25) is 31.1 Å². The molecule has 4 rings (SSSR count). The molecular formula is C26H42Br2F3N7O6. The van der Waals surface area contributed by atoms with Gasteiger partial charge in [-0.05, 0) is 31.8 Å². The molecule has 0 spiro atoms. The first-order valence-corrected chi connectivity index (χ1v) is 13.5. The van der Waals surface area contributed by atoms with Crippen molar-refractivity contribution in [3.8, 4) is 0 Å². The van der Waals surface area contributed by atoms with E-state index in [1.54, 1.807) is 5.01 Å². The summed E-state index contributed by atoms with van der Waals surface area (Å²) >= 11 is 0. The summed E-state index contributed by atoms with van der Waals surface area (Å²) in [5, 5.41) is 22.1. The van der Waals surface area contributed by atoms with Gasteiger partial charge in [-0.25, -0.2) is 18.6 Å². The summed E-state index contributed by atoms with van der Waals surface area (Å²) in [6.07, 6.45) is 0. The minimum atomic E-state index is -1.21. The van der Waals surface area contributed by atoms with Crippen LogP contribution in [0.1, 0.15) is 20.8 Å². The highest BCUT2D eigenvalue weighted by Gasteiger charge is 2.17. The van der Waals surface area contributed by atoms with Gasteiger partial charge in [0.1, 0.15) is 0 Å². The van der Waals surface area contributed by atoms with E-state index in [-0.39, 0.29) is 39.7 Å². The van der Waals surface area contributed by atoms with E-state index in [4.69, 9.17) is 9.47 Å². The van der Waals surface area contributed by atoms with E-state index in [0.717, 1.165) is 38.4 Å². The van der Waals surface area contributed by atoms with Crippen molar-refractivity contribution in [1.29, 1.82) is 0 Å². The van der Waals surface area contributed by atoms with Crippen molar-refractivity contribution in [2.24, 2.45) is 0 Å². The molecule has 0 bridgehead atoms. The van der Waals surface area contributed by atoms with Gasteiger partial charge in [0.15, 0.2) is 17.5 Å². The third-order valence-electron chi connectivity index (χ3n) is 5.76. The molecule has 2 heterocycles. The topological polar surface area (TPSA) is 147 Å². The molecule has 0 saturated carbocycles. The molecule has 0 unspecified atom stereocenters. The van der Waals surface area contributed by atoms with Crippen molar-refractivity contribution < 1.29 is 32.5 Å². The van der Waals surface area contributed by atoms with Crippen LogP contribution in [0.5, 0.6) is 0 Å². The summed E-state index contributed by atoms with van der Waals surface area (Å²) < 4.78 is 48.4. The van der Waals surface area contributed by atoms with Crippen LogP contribution in [-0.4, -0.2) is 87.0 Å². The normalized spacial score (nSPS) is 14.3. The maximum atomic E-state index is 13.7. The van der Waals surface area contributed by atoms with Gasteiger partial charge in [0.25, 0.3) is 11.4 Å². The lowest BCUT2D eigenvalue weighted by Gasteiger charge is -2.22. The number of hydrazine groups is 2. The first kappa shape index (κ1) is 43.7. The minimum absolute atomic E-state index is 0. The maximum Gasteiger partial charge on any atom is 0.272 e. The second-order valence-corrected chi connectivity index (χ2v) is 8.51. The van der Waals surface area contributed by atoms with Gasteiger partial charge in [0.05, 0.1) is 60.6 Å². The third-order valence-corrected chi connectivity index (χ3v) is 5.76. The molecule has 0 aromatic heterocycles. The predicted molar refractivity (Wildman–Crippen MR) is 173 cm³/mol. The Balaban J connectivity index is 0. The summed E-state index contributed by atoms with van der Waals surface area (Å²) in [4.78, 5) is 21.4. The van der Waals surface area contributed by atoms with Crippen LogP contribution in [-0.2, 0) is 9.47 Å². The fraction of sp³-hybridized carbons (Fsp3) is 0.538. The van der Waals surface area contributed by atoms with Gasteiger partial charge in [0, 0.05) is 31.8 Å². The van der Waals surface area contributed by atoms with Crippen molar-refractivity contribution in [2.75, 3.05) is 77.2 Å². The molecule has 18 heteroatoms. The van der Waals surface area contributed by atoms with E-state index in [2.05, 4.69) is 41.9 Å². The highest BCUT2D eigenvalue weighted by molar-refractivity contribution is 8.93. The molecule has 2 saturated heterocycles. The van der Waals surface area contributed by atoms with Gasteiger partial charge in [-0.2, -0.15) is 0 Å². The number of nitrogens with zero attached hydrogens (tertiary/aromatic N) is 4. The Hall–Kier alpha value is -2.45. The molecule has 3 N–H and O–H groups in total.